The first-order valence-corrected chi connectivity index (χ1v) is 10.8. The van der Waals surface area contributed by atoms with Crippen LogP contribution in [0.3, 0.4) is 0 Å². The maximum Gasteiger partial charge on any atom is 0.225 e. The fourth-order valence-corrected chi connectivity index (χ4v) is 4.31. The maximum atomic E-state index is 4.53. The highest BCUT2D eigenvalue weighted by Gasteiger charge is 2.22. The molecule has 0 unspecified atom stereocenters. The molecule has 7 heteroatoms. The third-order valence-electron chi connectivity index (χ3n) is 5.94. The van der Waals surface area contributed by atoms with Crippen LogP contribution < -0.4 is 15.1 Å². The molecule has 2 aromatic heterocycles. The average molecular weight is 402 g/mol. The van der Waals surface area contributed by atoms with Gasteiger partial charge in [0.05, 0.1) is 12.2 Å². The monoisotopic (exact) mass is 401 g/mol. The molecular weight excluding hydrogens is 374 g/mol. The highest BCUT2D eigenvalue weighted by atomic mass is 15.3. The van der Waals surface area contributed by atoms with Gasteiger partial charge in [-0.3, -0.25) is 0 Å². The molecule has 2 aliphatic rings. The normalized spacial score (nSPS) is 16.7. The minimum Gasteiger partial charge on any atom is -0.372 e. The van der Waals surface area contributed by atoms with Crippen molar-refractivity contribution in [3.8, 4) is 0 Å². The van der Waals surface area contributed by atoms with Crippen molar-refractivity contribution in [3.05, 3.63) is 60.3 Å². The zero-order chi connectivity index (χ0) is 20.2. The second-order valence-corrected chi connectivity index (χ2v) is 7.94. The smallest absolute Gasteiger partial charge is 0.225 e. The number of hydrogen-bond donors (Lipinski definition) is 1. The number of nitrogens with one attached hydrogen (secondary N) is 1. The molecule has 0 spiro atoms. The predicted octanol–water partition coefficient (Wildman–Crippen LogP) is 3.95. The number of hydrogen-bond acceptors (Lipinski definition) is 7. The van der Waals surface area contributed by atoms with Crippen molar-refractivity contribution in [1.82, 2.24) is 19.9 Å². The summed E-state index contributed by atoms with van der Waals surface area (Å²) in [5, 5.41) is 3.51. The quantitative estimate of drug-likeness (QED) is 0.710. The summed E-state index contributed by atoms with van der Waals surface area (Å²) >= 11 is 0. The van der Waals surface area contributed by atoms with Crippen LogP contribution in [-0.4, -0.2) is 39.6 Å². The number of benzene rings is 1. The first-order chi connectivity index (χ1) is 14.9. The Morgan fingerprint density at radius 3 is 2.30 bits per heavy atom. The average Bonchev–Trinajstić information content (AvgIpc) is 3.10. The molecular formula is C23H27N7. The van der Waals surface area contributed by atoms with Crippen molar-refractivity contribution in [2.75, 3.05) is 34.8 Å². The fraction of sp³-hybridized carbons (Fsp3) is 0.391. The lowest BCUT2D eigenvalue weighted by Gasteiger charge is -2.28. The first kappa shape index (κ1) is 18.8. The second kappa shape index (κ2) is 8.65. The topological polar surface area (TPSA) is 70.1 Å². The Morgan fingerprint density at radius 2 is 1.53 bits per heavy atom. The lowest BCUT2D eigenvalue weighted by molar-refractivity contribution is 0.685. The van der Waals surface area contributed by atoms with Crippen LogP contribution in [0.1, 0.15) is 36.9 Å². The zero-order valence-electron chi connectivity index (χ0n) is 17.2. The van der Waals surface area contributed by atoms with Crippen LogP contribution in [0.25, 0.3) is 0 Å². The fourth-order valence-electron chi connectivity index (χ4n) is 4.31. The van der Waals surface area contributed by atoms with Gasteiger partial charge in [0.25, 0.3) is 0 Å². The molecule has 1 fully saturated rings. The summed E-state index contributed by atoms with van der Waals surface area (Å²) in [6.07, 6.45) is 11.3. The first-order valence-electron chi connectivity index (χ1n) is 10.8. The standard InChI is InChI=1S/C23H27N7/c1-2-4-14-29(13-3-1)19-8-6-18(7-9-19)28-22-20-10-15-30(16-21(20)26-17-27-22)23-24-11-5-12-25-23/h5-9,11-12,17H,1-4,10,13-16H2,(H,26,27,28). The van der Waals surface area contributed by atoms with Gasteiger partial charge >= 0.3 is 0 Å². The van der Waals surface area contributed by atoms with E-state index < -0.39 is 0 Å². The van der Waals surface area contributed by atoms with Crippen LogP contribution in [0.4, 0.5) is 23.1 Å². The van der Waals surface area contributed by atoms with E-state index in [0.717, 1.165) is 49.2 Å². The van der Waals surface area contributed by atoms with Crippen LogP contribution in [0, 0.1) is 0 Å². The minimum absolute atomic E-state index is 0.699. The summed E-state index contributed by atoms with van der Waals surface area (Å²) in [6, 6.07) is 10.6. The van der Waals surface area contributed by atoms with Crippen LogP contribution >= 0.6 is 0 Å². The molecule has 5 rings (SSSR count). The van der Waals surface area contributed by atoms with Gasteiger partial charge in [0, 0.05) is 49.0 Å². The summed E-state index contributed by atoms with van der Waals surface area (Å²) in [5.74, 6) is 1.65. The lowest BCUT2D eigenvalue weighted by Crippen LogP contribution is -2.33. The Balaban J connectivity index is 1.30. The summed E-state index contributed by atoms with van der Waals surface area (Å²) in [5.41, 5.74) is 4.59. The van der Waals surface area contributed by atoms with E-state index in [0.29, 0.717) is 6.54 Å². The van der Waals surface area contributed by atoms with E-state index >= 15 is 0 Å². The van der Waals surface area contributed by atoms with Crippen molar-refractivity contribution >= 4 is 23.1 Å². The van der Waals surface area contributed by atoms with Gasteiger partial charge < -0.3 is 15.1 Å². The van der Waals surface area contributed by atoms with Gasteiger partial charge in [-0.2, -0.15) is 0 Å². The van der Waals surface area contributed by atoms with Crippen molar-refractivity contribution in [1.29, 1.82) is 0 Å². The molecule has 30 heavy (non-hydrogen) atoms. The molecule has 0 atom stereocenters. The Labute approximate surface area is 177 Å². The maximum absolute atomic E-state index is 4.53. The van der Waals surface area contributed by atoms with E-state index in [1.165, 1.54) is 36.9 Å². The molecule has 1 aromatic carbocycles. The van der Waals surface area contributed by atoms with Gasteiger partial charge in [-0.1, -0.05) is 12.8 Å². The van der Waals surface area contributed by atoms with Crippen molar-refractivity contribution in [2.24, 2.45) is 0 Å². The van der Waals surface area contributed by atoms with Gasteiger partial charge in [0.15, 0.2) is 0 Å². The van der Waals surface area contributed by atoms with Crippen LogP contribution in [0.15, 0.2) is 49.1 Å². The Morgan fingerprint density at radius 1 is 0.767 bits per heavy atom. The molecule has 0 radical (unpaired) electrons. The molecule has 0 bridgehead atoms. The molecule has 2 aliphatic heterocycles. The third-order valence-corrected chi connectivity index (χ3v) is 5.94. The number of fused-ring (bicyclic) bond motifs is 1. The van der Waals surface area contributed by atoms with Crippen molar-refractivity contribution < 1.29 is 0 Å². The largest absolute Gasteiger partial charge is 0.372 e. The van der Waals surface area contributed by atoms with Gasteiger partial charge in [0.2, 0.25) is 5.95 Å². The highest BCUT2D eigenvalue weighted by molar-refractivity contribution is 5.64. The number of rotatable bonds is 4. The highest BCUT2D eigenvalue weighted by Crippen LogP contribution is 2.28. The van der Waals surface area contributed by atoms with Crippen LogP contribution in [0.5, 0.6) is 0 Å². The van der Waals surface area contributed by atoms with Crippen LogP contribution in [0.2, 0.25) is 0 Å². The number of nitrogens with zero attached hydrogens (tertiary/aromatic N) is 6. The molecule has 1 N–H and O–H groups in total. The summed E-state index contributed by atoms with van der Waals surface area (Å²) in [6.45, 7) is 3.87. The summed E-state index contributed by atoms with van der Waals surface area (Å²) < 4.78 is 0. The SMILES string of the molecule is c1cnc(N2CCc3c(ncnc3Nc3ccc(N4CCCCCC4)cc3)C2)nc1. The predicted molar refractivity (Wildman–Crippen MR) is 119 cm³/mol. The number of anilines is 4. The van der Waals surface area contributed by atoms with E-state index in [1.54, 1.807) is 18.7 Å². The molecule has 1 saturated heterocycles. The van der Waals surface area contributed by atoms with Gasteiger partial charge in [-0.25, -0.2) is 19.9 Å². The Kier molecular flexibility index (Phi) is 5.42. The van der Waals surface area contributed by atoms with E-state index in [9.17, 15) is 0 Å². The van der Waals surface area contributed by atoms with E-state index in [1.807, 2.05) is 6.07 Å². The van der Waals surface area contributed by atoms with E-state index in [2.05, 4.69) is 59.3 Å². The molecule has 154 valence electrons. The molecule has 0 amide bonds. The van der Waals surface area contributed by atoms with E-state index in [4.69, 9.17) is 0 Å². The van der Waals surface area contributed by atoms with Crippen molar-refractivity contribution in [3.63, 3.8) is 0 Å². The van der Waals surface area contributed by atoms with Crippen LogP contribution in [-0.2, 0) is 13.0 Å². The number of aromatic nitrogens is 4. The van der Waals surface area contributed by atoms with Gasteiger partial charge in [0.1, 0.15) is 12.1 Å². The lowest BCUT2D eigenvalue weighted by atomic mass is 10.1. The van der Waals surface area contributed by atoms with Gasteiger partial charge in [-0.15, -0.1) is 0 Å². The van der Waals surface area contributed by atoms with Gasteiger partial charge in [-0.05, 0) is 49.6 Å². The van der Waals surface area contributed by atoms with Crippen molar-refractivity contribution in [2.45, 2.75) is 38.6 Å². The summed E-state index contributed by atoms with van der Waals surface area (Å²) in [7, 11) is 0. The molecule has 7 nitrogen and oxygen atoms in total. The molecule has 0 aliphatic carbocycles. The Bertz CT molecular complexity index is 967. The van der Waals surface area contributed by atoms with E-state index in [-0.39, 0.29) is 0 Å². The second-order valence-electron chi connectivity index (χ2n) is 7.94. The Hall–Kier alpha value is -3.22. The summed E-state index contributed by atoms with van der Waals surface area (Å²) in [4.78, 5) is 22.5. The molecule has 0 saturated carbocycles. The third kappa shape index (κ3) is 4.06. The molecule has 3 aromatic rings. The zero-order valence-corrected chi connectivity index (χ0v) is 17.2. The molecule has 4 heterocycles. The minimum atomic E-state index is 0.699.